The summed E-state index contributed by atoms with van der Waals surface area (Å²) in [7, 11) is -1.89. The Labute approximate surface area is 132 Å². The first-order valence-electron chi connectivity index (χ1n) is 7.06. The van der Waals surface area contributed by atoms with E-state index in [-0.39, 0.29) is 18.9 Å². The molecule has 0 radical (unpaired) electrons. The SMILES string of the molecule is COCCNC(=O)CCN(c1ccc(C)c(C)c1)S(C)(=O)=O. The number of anilines is 1. The number of ether oxygens (including phenoxy) is 1. The van der Waals surface area contributed by atoms with Crippen molar-refractivity contribution in [2.45, 2.75) is 20.3 Å². The molecular formula is C15H24N2O4S. The van der Waals surface area contributed by atoms with Crippen molar-refractivity contribution in [3.63, 3.8) is 0 Å². The Hall–Kier alpha value is -1.60. The van der Waals surface area contributed by atoms with Crippen LogP contribution in [0.25, 0.3) is 0 Å². The lowest BCUT2D eigenvalue weighted by molar-refractivity contribution is -0.121. The van der Waals surface area contributed by atoms with Gasteiger partial charge in [-0.15, -0.1) is 0 Å². The van der Waals surface area contributed by atoms with Gasteiger partial charge in [0.05, 0.1) is 18.6 Å². The van der Waals surface area contributed by atoms with Crippen LogP contribution in [0.4, 0.5) is 5.69 Å². The molecule has 0 heterocycles. The Morgan fingerprint density at radius 1 is 1.27 bits per heavy atom. The Morgan fingerprint density at radius 3 is 2.50 bits per heavy atom. The molecule has 1 rings (SSSR count). The van der Waals surface area contributed by atoms with Crippen molar-refractivity contribution in [3.05, 3.63) is 29.3 Å². The van der Waals surface area contributed by atoms with Crippen molar-refractivity contribution in [3.8, 4) is 0 Å². The molecule has 0 fully saturated rings. The minimum Gasteiger partial charge on any atom is -0.383 e. The van der Waals surface area contributed by atoms with E-state index in [4.69, 9.17) is 4.74 Å². The minimum absolute atomic E-state index is 0.101. The highest BCUT2D eigenvalue weighted by atomic mass is 32.2. The van der Waals surface area contributed by atoms with E-state index >= 15 is 0 Å². The quantitative estimate of drug-likeness (QED) is 0.728. The number of nitrogens with one attached hydrogen (secondary N) is 1. The van der Waals surface area contributed by atoms with E-state index in [2.05, 4.69) is 5.32 Å². The topological polar surface area (TPSA) is 75.7 Å². The van der Waals surface area contributed by atoms with Crippen LogP contribution in [0.1, 0.15) is 17.5 Å². The molecule has 0 aliphatic carbocycles. The second-order valence-corrected chi connectivity index (χ2v) is 7.10. The average molecular weight is 328 g/mol. The summed E-state index contributed by atoms with van der Waals surface area (Å²) in [5.41, 5.74) is 2.68. The third kappa shape index (κ3) is 5.65. The lowest BCUT2D eigenvalue weighted by atomic mass is 10.1. The number of hydrogen-bond acceptors (Lipinski definition) is 4. The largest absolute Gasteiger partial charge is 0.383 e. The van der Waals surface area contributed by atoms with Crippen LogP contribution in [-0.4, -0.2) is 47.4 Å². The van der Waals surface area contributed by atoms with Crippen LogP contribution < -0.4 is 9.62 Å². The summed E-state index contributed by atoms with van der Waals surface area (Å²) in [5, 5.41) is 2.68. The summed E-state index contributed by atoms with van der Waals surface area (Å²) in [4.78, 5) is 11.7. The number of aryl methyl sites for hydroxylation is 2. The van der Waals surface area contributed by atoms with Crippen molar-refractivity contribution in [1.29, 1.82) is 0 Å². The molecule has 1 aromatic carbocycles. The maximum atomic E-state index is 12.0. The van der Waals surface area contributed by atoms with Crippen molar-refractivity contribution < 1.29 is 17.9 Å². The third-order valence-electron chi connectivity index (χ3n) is 3.35. The first kappa shape index (κ1) is 18.4. The highest BCUT2D eigenvalue weighted by Gasteiger charge is 2.18. The second-order valence-electron chi connectivity index (χ2n) is 5.20. The number of amides is 1. The standard InChI is InChI=1S/C15H24N2O4S/c1-12-5-6-14(11-13(12)2)17(22(4,19)20)9-7-15(18)16-8-10-21-3/h5-6,11H,7-10H2,1-4H3,(H,16,18). The molecule has 124 valence electrons. The number of rotatable bonds is 8. The van der Waals surface area contributed by atoms with E-state index in [0.717, 1.165) is 17.4 Å². The van der Waals surface area contributed by atoms with Crippen molar-refractivity contribution in [1.82, 2.24) is 5.32 Å². The molecule has 0 aliphatic rings. The summed E-state index contributed by atoms with van der Waals surface area (Å²) in [5.74, 6) is -0.200. The van der Waals surface area contributed by atoms with E-state index in [1.807, 2.05) is 26.0 Å². The fourth-order valence-corrected chi connectivity index (χ4v) is 2.87. The maximum Gasteiger partial charge on any atom is 0.232 e. The van der Waals surface area contributed by atoms with Gasteiger partial charge in [-0.2, -0.15) is 0 Å². The Balaban J connectivity index is 2.78. The number of benzene rings is 1. The monoisotopic (exact) mass is 328 g/mol. The van der Waals surface area contributed by atoms with Crippen LogP contribution in [0.2, 0.25) is 0 Å². The van der Waals surface area contributed by atoms with Gasteiger partial charge in [0, 0.05) is 26.6 Å². The third-order valence-corrected chi connectivity index (χ3v) is 4.54. The summed E-state index contributed by atoms with van der Waals surface area (Å²) >= 11 is 0. The van der Waals surface area contributed by atoms with Crippen LogP contribution in [0.3, 0.4) is 0 Å². The minimum atomic E-state index is -3.44. The van der Waals surface area contributed by atoms with Gasteiger partial charge in [0.25, 0.3) is 0 Å². The lowest BCUT2D eigenvalue weighted by Gasteiger charge is -2.23. The number of hydrogen-bond donors (Lipinski definition) is 1. The van der Waals surface area contributed by atoms with Crippen LogP contribution in [-0.2, 0) is 19.6 Å². The molecule has 7 heteroatoms. The zero-order chi connectivity index (χ0) is 16.8. The van der Waals surface area contributed by atoms with E-state index in [1.54, 1.807) is 13.2 Å². The van der Waals surface area contributed by atoms with Gasteiger partial charge in [0.2, 0.25) is 15.9 Å². The number of carbonyl (C=O) groups excluding carboxylic acids is 1. The molecule has 1 amide bonds. The Bertz CT molecular complexity index is 614. The highest BCUT2D eigenvalue weighted by Crippen LogP contribution is 2.21. The molecule has 0 atom stereocenters. The molecule has 0 saturated heterocycles. The zero-order valence-electron chi connectivity index (χ0n) is 13.5. The highest BCUT2D eigenvalue weighted by molar-refractivity contribution is 7.92. The first-order chi connectivity index (χ1) is 10.3. The predicted molar refractivity (Wildman–Crippen MR) is 87.6 cm³/mol. The van der Waals surface area contributed by atoms with Gasteiger partial charge in [-0.1, -0.05) is 6.07 Å². The molecule has 0 aromatic heterocycles. The van der Waals surface area contributed by atoms with Crippen LogP contribution >= 0.6 is 0 Å². The molecule has 0 aliphatic heterocycles. The van der Waals surface area contributed by atoms with E-state index < -0.39 is 10.0 Å². The Morgan fingerprint density at radius 2 is 1.95 bits per heavy atom. The van der Waals surface area contributed by atoms with Gasteiger partial charge in [-0.25, -0.2) is 8.42 Å². The molecule has 0 spiro atoms. The summed E-state index contributed by atoms with van der Waals surface area (Å²) in [6.07, 6.45) is 1.24. The summed E-state index contributed by atoms with van der Waals surface area (Å²) < 4.78 is 30.1. The van der Waals surface area contributed by atoms with Crippen LogP contribution in [0, 0.1) is 13.8 Å². The number of carbonyl (C=O) groups is 1. The molecule has 0 unspecified atom stereocenters. The molecular weight excluding hydrogens is 304 g/mol. The van der Waals surface area contributed by atoms with E-state index in [1.165, 1.54) is 4.31 Å². The number of sulfonamides is 1. The first-order valence-corrected chi connectivity index (χ1v) is 8.91. The maximum absolute atomic E-state index is 12.0. The summed E-state index contributed by atoms with van der Waals surface area (Å²) in [6.45, 7) is 4.85. The van der Waals surface area contributed by atoms with Crippen LogP contribution in [0.15, 0.2) is 18.2 Å². The fraction of sp³-hybridized carbons (Fsp3) is 0.533. The normalized spacial score (nSPS) is 11.3. The van der Waals surface area contributed by atoms with E-state index in [0.29, 0.717) is 18.8 Å². The van der Waals surface area contributed by atoms with Gasteiger partial charge in [0.1, 0.15) is 0 Å². The van der Waals surface area contributed by atoms with Crippen molar-refractivity contribution >= 4 is 21.6 Å². The molecule has 6 nitrogen and oxygen atoms in total. The van der Waals surface area contributed by atoms with Gasteiger partial charge in [-0.05, 0) is 37.1 Å². The number of methoxy groups -OCH3 is 1. The van der Waals surface area contributed by atoms with E-state index in [9.17, 15) is 13.2 Å². The lowest BCUT2D eigenvalue weighted by Crippen LogP contribution is -2.35. The Kier molecular flexibility index (Phi) is 6.83. The van der Waals surface area contributed by atoms with Gasteiger partial charge in [0.15, 0.2) is 0 Å². The number of nitrogens with zero attached hydrogens (tertiary/aromatic N) is 1. The molecule has 0 saturated carbocycles. The molecule has 1 N–H and O–H groups in total. The smallest absolute Gasteiger partial charge is 0.232 e. The van der Waals surface area contributed by atoms with Gasteiger partial charge >= 0.3 is 0 Å². The summed E-state index contributed by atoms with van der Waals surface area (Å²) in [6, 6.07) is 5.45. The average Bonchev–Trinajstić information content (AvgIpc) is 2.41. The van der Waals surface area contributed by atoms with Crippen LogP contribution in [0.5, 0.6) is 0 Å². The molecule has 22 heavy (non-hydrogen) atoms. The van der Waals surface area contributed by atoms with Crippen molar-refractivity contribution in [2.24, 2.45) is 0 Å². The predicted octanol–water partition coefficient (Wildman–Crippen LogP) is 1.22. The van der Waals surface area contributed by atoms with Gasteiger partial charge < -0.3 is 10.1 Å². The fourth-order valence-electron chi connectivity index (χ4n) is 1.95. The second kappa shape index (κ2) is 8.14. The van der Waals surface area contributed by atoms with Gasteiger partial charge in [-0.3, -0.25) is 9.10 Å². The van der Waals surface area contributed by atoms with Crippen molar-refractivity contribution in [2.75, 3.05) is 37.4 Å². The zero-order valence-corrected chi connectivity index (χ0v) is 14.4. The molecule has 0 bridgehead atoms. The molecule has 1 aromatic rings.